The van der Waals surface area contributed by atoms with Gasteiger partial charge >= 0.3 is 5.97 Å². The second kappa shape index (κ2) is 8.10. The molecule has 1 aromatic heterocycles. The molecule has 0 aliphatic heterocycles. The number of thiophene rings is 1. The Morgan fingerprint density at radius 1 is 1.22 bits per heavy atom. The normalized spacial score (nSPS) is 10.6. The summed E-state index contributed by atoms with van der Waals surface area (Å²) < 4.78 is 5.24. The van der Waals surface area contributed by atoms with E-state index in [-0.39, 0.29) is 23.5 Å². The lowest BCUT2D eigenvalue weighted by Gasteiger charge is -2.18. The third-order valence-electron chi connectivity index (χ3n) is 3.23. The number of anilines is 1. The van der Waals surface area contributed by atoms with Crippen molar-refractivity contribution in [2.24, 2.45) is 0 Å². The van der Waals surface area contributed by atoms with Crippen molar-refractivity contribution in [3.63, 3.8) is 0 Å². The van der Waals surface area contributed by atoms with Crippen molar-refractivity contribution in [2.75, 3.05) is 18.4 Å². The van der Waals surface area contributed by atoms with Gasteiger partial charge < -0.3 is 15.0 Å². The van der Waals surface area contributed by atoms with Crippen LogP contribution in [0.4, 0.5) is 5.00 Å². The quantitative estimate of drug-likeness (QED) is 0.808. The molecule has 1 heterocycles. The van der Waals surface area contributed by atoms with Gasteiger partial charge in [0, 0.05) is 20.0 Å². The number of hydrogen-bond acceptors (Lipinski definition) is 5. The van der Waals surface area contributed by atoms with Crippen LogP contribution < -0.4 is 5.32 Å². The molecular formula is C16H24N2O4S. The molecule has 6 nitrogen and oxygen atoms in total. The molecule has 1 rings (SSSR count). The first-order valence-electron chi connectivity index (χ1n) is 7.64. The van der Waals surface area contributed by atoms with E-state index in [2.05, 4.69) is 5.32 Å². The Balaban J connectivity index is 3.35. The average molecular weight is 340 g/mol. The monoisotopic (exact) mass is 340 g/mol. The lowest BCUT2D eigenvalue weighted by atomic mass is 10.1. The van der Waals surface area contributed by atoms with E-state index in [1.807, 2.05) is 13.8 Å². The molecule has 0 spiro atoms. The molecule has 1 N–H and O–H groups in total. The number of nitrogens with zero attached hydrogens (tertiary/aromatic N) is 1. The van der Waals surface area contributed by atoms with Gasteiger partial charge in [0.05, 0.1) is 16.5 Å². The number of hydrogen-bond donors (Lipinski definition) is 1. The highest BCUT2D eigenvalue weighted by Crippen LogP contribution is 2.34. The van der Waals surface area contributed by atoms with Crippen molar-refractivity contribution in [1.82, 2.24) is 4.90 Å². The summed E-state index contributed by atoms with van der Waals surface area (Å²) in [5.41, 5.74) is 0.802. The Kier molecular flexibility index (Phi) is 6.75. The first-order chi connectivity index (χ1) is 10.7. The number of carbonyl (C=O) groups excluding carboxylic acids is 3. The molecule has 0 saturated carbocycles. The number of rotatable bonds is 6. The Labute approximate surface area is 140 Å². The van der Waals surface area contributed by atoms with Crippen LogP contribution in [-0.2, 0) is 9.53 Å². The van der Waals surface area contributed by atoms with Gasteiger partial charge in [0.15, 0.2) is 0 Å². The lowest BCUT2D eigenvalue weighted by molar-refractivity contribution is -0.114. The molecule has 0 aromatic carbocycles. The van der Waals surface area contributed by atoms with Crippen LogP contribution >= 0.6 is 11.3 Å². The van der Waals surface area contributed by atoms with E-state index in [4.69, 9.17) is 4.74 Å². The molecule has 1 aromatic rings. The van der Waals surface area contributed by atoms with Crippen LogP contribution in [0, 0.1) is 6.92 Å². The molecule has 0 atom stereocenters. The van der Waals surface area contributed by atoms with E-state index in [9.17, 15) is 14.4 Å². The Hall–Kier alpha value is -1.89. The minimum atomic E-state index is -0.531. The molecule has 0 unspecified atom stereocenters. The van der Waals surface area contributed by atoms with Gasteiger partial charge in [-0.25, -0.2) is 4.79 Å². The highest BCUT2D eigenvalue weighted by Gasteiger charge is 2.28. The number of amides is 2. The van der Waals surface area contributed by atoms with Crippen LogP contribution in [0.25, 0.3) is 0 Å². The van der Waals surface area contributed by atoms with Crippen LogP contribution in [0.1, 0.15) is 60.2 Å². The first-order valence-corrected chi connectivity index (χ1v) is 8.45. The second-order valence-corrected chi connectivity index (χ2v) is 6.39. The van der Waals surface area contributed by atoms with Gasteiger partial charge in [-0.1, -0.05) is 0 Å². The standard InChI is InChI=1S/C16H24N2O4S/c1-7-18(8-2)15(20)13-10(5)12(16(21)22-9(3)4)14(23-13)17-11(6)19/h9H,7-8H2,1-6H3,(H,17,19). The van der Waals surface area contributed by atoms with E-state index >= 15 is 0 Å². The third-order valence-corrected chi connectivity index (χ3v) is 4.42. The van der Waals surface area contributed by atoms with E-state index in [1.165, 1.54) is 6.92 Å². The maximum atomic E-state index is 12.6. The van der Waals surface area contributed by atoms with Gasteiger partial charge in [0.25, 0.3) is 5.91 Å². The predicted molar refractivity (Wildman–Crippen MR) is 91.2 cm³/mol. The molecular weight excluding hydrogens is 316 g/mol. The summed E-state index contributed by atoms with van der Waals surface area (Å²) in [5.74, 6) is -0.976. The number of esters is 1. The van der Waals surface area contributed by atoms with E-state index < -0.39 is 5.97 Å². The van der Waals surface area contributed by atoms with Gasteiger partial charge in [-0.3, -0.25) is 9.59 Å². The van der Waals surface area contributed by atoms with Crippen LogP contribution in [0.15, 0.2) is 0 Å². The zero-order chi connectivity index (χ0) is 17.7. The zero-order valence-corrected chi connectivity index (χ0v) is 15.3. The Bertz CT molecular complexity index is 603. The molecule has 23 heavy (non-hydrogen) atoms. The number of nitrogens with one attached hydrogen (secondary N) is 1. The summed E-state index contributed by atoms with van der Waals surface area (Å²) in [7, 11) is 0. The van der Waals surface area contributed by atoms with Gasteiger partial charge in [-0.15, -0.1) is 11.3 Å². The lowest BCUT2D eigenvalue weighted by Crippen LogP contribution is -2.30. The molecule has 128 valence electrons. The summed E-state index contributed by atoms with van der Waals surface area (Å²) in [6.07, 6.45) is -0.283. The second-order valence-electron chi connectivity index (χ2n) is 5.37. The molecule has 2 amide bonds. The van der Waals surface area contributed by atoms with Crippen molar-refractivity contribution < 1.29 is 19.1 Å². The van der Waals surface area contributed by atoms with E-state index in [0.29, 0.717) is 28.5 Å². The highest BCUT2D eigenvalue weighted by atomic mass is 32.1. The zero-order valence-electron chi connectivity index (χ0n) is 14.5. The van der Waals surface area contributed by atoms with Crippen LogP contribution in [0.3, 0.4) is 0 Å². The SMILES string of the molecule is CCN(CC)C(=O)c1sc(NC(C)=O)c(C(=O)OC(C)C)c1C. The van der Waals surface area contributed by atoms with E-state index in [1.54, 1.807) is 25.7 Å². The van der Waals surface area contributed by atoms with E-state index in [0.717, 1.165) is 11.3 Å². The fourth-order valence-corrected chi connectivity index (χ4v) is 3.35. The van der Waals surface area contributed by atoms with Crippen molar-refractivity contribution in [2.45, 2.75) is 47.6 Å². The average Bonchev–Trinajstić information content (AvgIpc) is 2.75. The summed E-state index contributed by atoms with van der Waals surface area (Å²) in [6.45, 7) is 11.5. The van der Waals surface area contributed by atoms with Gasteiger partial charge in [-0.2, -0.15) is 0 Å². The summed E-state index contributed by atoms with van der Waals surface area (Å²) in [5, 5.41) is 2.98. The molecule has 0 bridgehead atoms. The summed E-state index contributed by atoms with van der Waals surface area (Å²) in [6, 6.07) is 0. The predicted octanol–water partition coefficient (Wildman–Crippen LogP) is 3.06. The van der Waals surface area contributed by atoms with Crippen molar-refractivity contribution in [3.8, 4) is 0 Å². The number of carbonyl (C=O) groups is 3. The largest absolute Gasteiger partial charge is 0.459 e. The molecule has 0 aliphatic carbocycles. The topological polar surface area (TPSA) is 75.7 Å². The minimum absolute atomic E-state index is 0.146. The highest BCUT2D eigenvalue weighted by molar-refractivity contribution is 7.18. The van der Waals surface area contributed by atoms with Gasteiger partial charge in [-0.05, 0) is 40.2 Å². The fraction of sp³-hybridized carbons (Fsp3) is 0.562. The summed E-state index contributed by atoms with van der Waals surface area (Å²) in [4.78, 5) is 38.4. The van der Waals surface area contributed by atoms with Crippen molar-refractivity contribution >= 4 is 34.1 Å². The first kappa shape index (κ1) is 19.2. The van der Waals surface area contributed by atoms with Gasteiger partial charge in [0.1, 0.15) is 5.00 Å². The van der Waals surface area contributed by atoms with Crippen LogP contribution in [0.5, 0.6) is 0 Å². The molecule has 0 saturated heterocycles. The van der Waals surface area contributed by atoms with Crippen molar-refractivity contribution in [3.05, 3.63) is 16.0 Å². The third kappa shape index (κ3) is 4.54. The van der Waals surface area contributed by atoms with Gasteiger partial charge in [0.2, 0.25) is 5.91 Å². The van der Waals surface area contributed by atoms with Crippen LogP contribution in [-0.4, -0.2) is 41.9 Å². The Morgan fingerprint density at radius 3 is 2.22 bits per heavy atom. The maximum Gasteiger partial charge on any atom is 0.341 e. The summed E-state index contributed by atoms with van der Waals surface area (Å²) >= 11 is 1.11. The Morgan fingerprint density at radius 2 is 1.78 bits per heavy atom. The maximum absolute atomic E-state index is 12.6. The fourth-order valence-electron chi connectivity index (χ4n) is 2.14. The molecule has 0 radical (unpaired) electrons. The number of ether oxygens (including phenoxy) is 1. The minimum Gasteiger partial charge on any atom is -0.459 e. The molecule has 7 heteroatoms. The van der Waals surface area contributed by atoms with Crippen molar-refractivity contribution in [1.29, 1.82) is 0 Å². The smallest absolute Gasteiger partial charge is 0.341 e. The van der Waals surface area contributed by atoms with Crippen LogP contribution in [0.2, 0.25) is 0 Å². The molecule has 0 fully saturated rings. The molecule has 0 aliphatic rings.